The molecule has 2 atom stereocenters. The first-order valence-corrected chi connectivity index (χ1v) is 16.8. The smallest absolute Gasteiger partial charge is 0.244 e. The molecule has 0 bridgehead atoms. The lowest BCUT2D eigenvalue weighted by atomic mass is 9.88. The predicted molar refractivity (Wildman–Crippen MR) is 151 cm³/mol. The van der Waals surface area contributed by atoms with E-state index >= 15 is 0 Å². The van der Waals surface area contributed by atoms with E-state index in [0.717, 1.165) is 17.3 Å². The second-order valence-electron chi connectivity index (χ2n) is 10.8. The Kier molecular flexibility index (Phi) is 8.46. The van der Waals surface area contributed by atoms with Crippen molar-refractivity contribution in [2.75, 3.05) is 39.1 Å². The van der Waals surface area contributed by atoms with Crippen LogP contribution < -0.4 is 10.1 Å². The first-order chi connectivity index (χ1) is 19.0. The van der Waals surface area contributed by atoms with E-state index in [1.54, 1.807) is 30.3 Å². The number of rotatable bonds is 10. The molecule has 12 heteroatoms. The molecule has 0 saturated carbocycles. The van der Waals surface area contributed by atoms with Gasteiger partial charge in [-0.2, -0.15) is 4.31 Å². The van der Waals surface area contributed by atoms with Crippen LogP contribution in [0.25, 0.3) is 10.9 Å². The van der Waals surface area contributed by atoms with E-state index in [1.165, 1.54) is 16.8 Å². The van der Waals surface area contributed by atoms with Crippen LogP contribution in [0.3, 0.4) is 0 Å². The highest BCUT2D eigenvalue weighted by atomic mass is 32.2. The van der Waals surface area contributed by atoms with Gasteiger partial charge in [0.05, 0.1) is 23.5 Å². The maximum Gasteiger partial charge on any atom is 0.244 e. The normalized spacial score (nSPS) is 20.6. The van der Waals surface area contributed by atoms with E-state index in [9.17, 15) is 21.9 Å². The van der Waals surface area contributed by atoms with Crippen LogP contribution in [0.5, 0.6) is 5.75 Å². The average Bonchev–Trinajstić information content (AvgIpc) is 3.32. The molecule has 2 aromatic carbocycles. The van der Waals surface area contributed by atoms with Gasteiger partial charge in [0.15, 0.2) is 9.84 Å². The number of hydrogen-bond acceptors (Lipinski definition) is 9. The summed E-state index contributed by atoms with van der Waals surface area (Å²) >= 11 is 0. The molecular formula is C28H35N3O7S2. The standard InChI is InChI=1S/C28H35N3O7S2/c1-39(33,34)20-21-5-4-7-25(13-21)37-19-24(32)16-29-23-15-28(38-18-23)9-11-31(12-10-28)40(35,36)26-14-22-6-2-3-8-27(22)30-17-26/h2-8,13-14,17,23-24,29,32H,9-12,15-16,18-20H2,1H3. The lowest BCUT2D eigenvalue weighted by Crippen LogP contribution is -2.47. The zero-order chi connectivity index (χ0) is 28.4. The number of aliphatic hydroxyl groups excluding tert-OH is 1. The number of nitrogens with zero attached hydrogens (tertiary/aromatic N) is 2. The molecule has 2 saturated heterocycles. The third-order valence-electron chi connectivity index (χ3n) is 7.46. The number of benzene rings is 2. The van der Waals surface area contributed by atoms with Gasteiger partial charge in [0.25, 0.3) is 0 Å². The molecule has 216 valence electrons. The van der Waals surface area contributed by atoms with E-state index in [1.807, 2.05) is 24.3 Å². The molecule has 40 heavy (non-hydrogen) atoms. The minimum atomic E-state index is -3.65. The van der Waals surface area contributed by atoms with Crippen molar-refractivity contribution in [2.45, 2.75) is 47.7 Å². The highest BCUT2D eigenvalue weighted by molar-refractivity contribution is 7.90. The maximum atomic E-state index is 13.3. The number of nitrogens with one attached hydrogen (secondary N) is 1. The van der Waals surface area contributed by atoms with Crippen LogP contribution in [0, 0.1) is 0 Å². The number of pyridine rings is 1. The summed E-state index contributed by atoms with van der Waals surface area (Å²) in [6.45, 7) is 1.60. The second kappa shape index (κ2) is 11.7. The fourth-order valence-corrected chi connectivity index (χ4v) is 7.59. The van der Waals surface area contributed by atoms with Gasteiger partial charge < -0.3 is 19.9 Å². The van der Waals surface area contributed by atoms with Crippen molar-refractivity contribution in [1.29, 1.82) is 0 Å². The van der Waals surface area contributed by atoms with E-state index in [4.69, 9.17) is 9.47 Å². The highest BCUT2D eigenvalue weighted by Crippen LogP contribution is 2.37. The molecule has 2 aliphatic rings. The van der Waals surface area contributed by atoms with Gasteiger partial charge in [0.2, 0.25) is 10.0 Å². The van der Waals surface area contributed by atoms with Crippen LogP contribution in [0.4, 0.5) is 0 Å². The zero-order valence-electron chi connectivity index (χ0n) is 22.4. The van der Waals surface area contributed by atoms with Crippen molar-refractivity contribution in [3.63, 3.8) is 0 Å². The Balaban J connectivity index is 1.08. The second-order valence-corrected chi connectivity index (χ2v) is 14.8. The predicted octanol–water partition coefficient (Wildman–Crippen LogP) is 2.12. The Morgan fingerprint density at radius 2 is 1.90 bits per heavy atom. The molecule has 1 spiro atoms. The molecule has 3 heterocycles. The molecule has 3 aromatic rings. The minimum Gasteiger partial charge on any atom is -0.491 e. The Labute approximate surface area is 235 Å². The van der Waals surface area contributed by atoms with Gasteiger partial charge in [-0.1, -0.05) is 30.3 Å². The van der Waals surface area contributed by atoms with E-state index in [2.05, 4.69) is 10.3 Å². The van der Waals surface area contributed by atoms with Gasteiger partial charge in [-0.3, -0.25) is 4.98 Å². The van der Waals surface area contributed by atoms with Gasteiger partial charge in [0.1, 0.15) is 23.4 Å². The molecule has 1 aromatic heterocycles. The van der Waals surface area contributed by atoms with Crippen LogP contribution in [0.15, 0.2) is 65.7 Å². The number of aromatic nitrogens is 1. The quantitative estimate of drug-likeness (QED) is 0.365. The zero-order valence-corrected chi connectivity index (χ0v) is 24.0. The number of piperidine rings is 1. The van der Waals surface area contributed by atoms with Crippen molar-refractivity contribution in [3.8, 4) is 5.75 Å². The Morgan fingerprint density at radius 3 is 2.67 bits per heavy atom. The SMILES string of the molecule is CS(=O)(=O)Cc1cccc(OCC(O)CNC2COC3(CCN(S(=O)(=O)c4cnc5ccccc5c4)CC3)C2)c1. The molecule has 2 unspecified atom stereocenters. The number of hydrogen-bond donors (Lipinski definition) is 2. The lowest BCUT2D eigenvalue weighted by molar-refractivity contribution is -0.0312. The first kappa shape index (κ1) is 28.9. The monoisotopic (exact) mass is 589 g/mol. The largest absolute Gasteiger partial charge is 0.491 e. The first-order valence-electron chi connectivity index (χ1n) is 13.3. The number of sulfonamides is 1. The van der Waals surface area contributed by atoms with Gasteiger partial charge in [0, 0.05) is 43.5 Å². The van der Waals surface area contributed by atoms with Crippen LogP contribution >= 0.6 is 0 Å². The van der Waals surface area contributed by atoms with Gasteiger partial charge in [-0.15, -0.1) is 0 Å². The lowest BCUT2D eigenvalue weighted by Gasteiger charge is -2.38. The molecular weight excluding hydrogens is 554 g/mol. The summed E-state index contributed by atoms with van der Waals surface area (Å²) in [5.74, 6) is 0.437. The Bertz CT molecular complexity index is 1550. The van der Waals surface area contributed by atoms with Gasteiger partial charge in [-0.25, -0.2) is 16.8 Å². The number of ether oxygens (including phenoxy) is 2. The Hall–Kier alpha value is -2.61. The third-order valence-corrected chi connectivity index (χ3v) is 10.2. The van der Waals surface area contributed by atoms with Crippen molar-refractivity contribution in [2.24, 2.45) is 0 Å². The van der Waals surface area contributed by atoms with E-state index in [-0.39, 0.29) is 28.9 Å². The molecule has 2 fully saturated rings. The number of para-hydroxylation sites is 1. The summed E-state index contributed by atoms with van der Waals surface area (Å²) in [6, 6.07) is 16.0. The molecule has 2 N–H and O–H groups in total. The highest BCUT2D eigenvalue weighted by Gasteiger charge is 2.44. The third kappa shape index (κ3) is 6.99. The minimum absolute atomic E-state index is 0.0422. The van der Waals surface area contributed by atoms with E-state index in [0.29, 0.717) is 50.4 Å². The summed E-state index contributed by atoms with van der Waals surface area (Å²) in [5, 5.41) is 14.6. The Morgan fingerprint density at radius 1 is 1.12 bits per heavy atom. The van der Waals surface area contributed by atoms with Gasteiger partial charge >= 0.3 is 0 Å². The van der Waals surface area contributed by atoms with Crippen LogP contribution in [-0.4, -0.2) is 88.1 Å². The summed E-state index contributed by atoms with van der Waals surface area (Å²) < 4.78 is 63.0. The van der Waals surface area contributed by atoms with Crippen LogP contribution in [0.1, 0.15) is 24.8 Å². The van der Waals surface area contributed by atoms with E-state index < -0.39 is 26.0 Å². The molecule has 0 amide bonds. The number of sulfone groups is 1. The summed E-state index contributed by atoms with van der Waals surface area (Å²) in [7, 11) is -6.80. The maximum absolute atomic E-state index is 13.3. The summed E-state index contributed by atoms with van der Waals surface area (Å²) in [6.07, 6.45) is 3.77. The average molecular weight is 590 g/mol. The summed E-state index contributed by atoms with van der Waals surface area (Å²) in [4.78, 5) is 4.52. The van der Waals surface area contributed by atoms with Crippen molar-refractivity contribution >= 4 is 30.8 Å². The fourth-order valence-electron chi connectivity index (χ4n) is 5.38. The topological polar surface area (TPSA) is 135 Å². The molecule has 10 nitrogen and oxygen atoms in total. The summed E-state index contributed by atoms with van der Waals surface area (Å²) in [5.41, 5.74) is 1.01. The van der Waals surface area contributed by atoms with Crippen molar-refractivity contribution in [1.82, 2.24) is 14.6 Å². The van der Waals surface area contributed by atoms with Crippen LogP contribution in [0.2, 0.25) is 0 Å². The van der Waals surface area contributed by atoms with Crippen molar-refractivity contribution < 1.29 is 31.4 Å². The number of fused-ring (bicyclic) bond motifs is 1. The molecule has 2 aliphatic heterocycles. The molecule has 0 aliphatic carbocycles. The van der Waals surface area contributed by atoms with Crippen molar-refractivity contribution in [3.05, 3.63) is 66.4 Å². The van der Waals surface area contributed by atoms with Crippen LogP contribution in [-0.2, 0) is 30.4 Å². The van der Waals surface area contributed by atoms with Gasteiger partial charge in [-0.05, 0) is 49.1 Å². The molecule has 5 rings (SSSR count). The fraction of sp³-hybridized carbons (Fsp3) is 0.464. The molecule has 0 radical (unpaired) electrons. The number of aliphatic hydroxyl groups is 1.